The second kappa shape index (κ2) is 7.48. The van der Waals surface area contributed by atoms with E-state index < -0.39 is 17.4 Å². The largest absolute Gasteiger partial charge is 0.420 e. The summed E-state index contributed by atoms with van der Waals surface area (Å²) in [5, 5.41) is 0.0208. The molecule has 0 N–H and O–H groups in total. The monoisotopic (exact) mass is 409 g/mol. The van der Waals surface area contributed by atoms with Gasteiger partial charge in [-0.05, 0) is 24.3 Å². The minimum atomic E-state index is -0.754. The molecule has 0 unspecified atom stereocenters. The number of Topliss-reactive ketones (excluding diaryl/α,β-unsaturated/α-hetero) is 1. The van der Waals surface area contributed by atoms with Crippen LogP contribution in [-0.4, -0.2) is 16.1 Å². The summed E-state index contributed by atoms with van der Waals surface area (Å²) in [5.41, 5.74) is 0.662. The van der Waals surface area contributed by atoms with Crippen LogP contribution in [0.1, 0.15) is 26.3 Å². The van der Waals surface area contributed by atoms with E-state index in [0.29, 0.717) is 5.56 Å². The highest BCUT2D eigenvalue weighted by Gasteiger charge is 2.21. The smallest absolute Gasteiger partial charge is 0.408 e. The van der Waals surface area contributed by atoms with Gasteiger partial charge in [0.05, 0.1) is 22.6 Å². The Kier molecular flexibility index (Phi) is 4.86. The zero-order chi connectivity index (χ0) is 20.5. The van der Waals surface area contributed by atoms with Gasteiger partial charge >= 0.3 is 5.76 Å². The van der Waals surface area contributed by atoms with Crippen molar-refractivity contribution < 1.29 is 18.4 Å². The average Bonchev–Trinajstić information content (AvgIpc) is 3.02. The number of fused-ring (bicyclic) bond motifs is 1. The minimum Gasteiger partial charge on any atom is -0.408 e. The van der Waals surface area contributed by atoms with Crippen LogP contribution < -0.4 is 5.76 Å². The van der Waals surface area contributed by atoms with Crippen molar-refractivity contribution in [1.29, 1.82) is 0 Å². The Morgan fingerprint density at radius 1 is 0.966 bits per heavy atom. The van der Waals surface area contributed by atoms with Gasteiger partial charge in [0.15, 0.2) is 17.1 Å². The molecular formula is C22H13ClFNO4. The van der Waals surface area contributed by atoms with Crippen LogP contribution in [0.15, 0.2) is 75.9 Å². The van der Waals surface area contributed by atoms with E-state index in [1.807, 2.05) is 0 Å². The van der Waals surface area contributed by atoms with Crippen LogP contribution in [0.2, 0.25) is 5.02 Å². The first kappa shape index (κ1) is 18.8. The number of ketones is 2. The van der Waals surface area contributed by atoms with E-state index in [-0.39, 0.29) is 39.6 Å². The molecule has 0 fully saturated rings. The van der Waals surface area contributed by atoms with E-state index in [9.17, 15) is 18.8 Å². The van der Waals surface area contributed by atoms with Gasteiger partial charge in [-0.2, -0.15) is 0 Å². The van der Waals surface area contributed by atoms with Gasteiger partial charge in [0.2, 0.25) is 0 Å². The van der Waals surface area contributed by atoms with Crippen LogP contribution >= 0.6 is 11.6 Å². The number of hydrogen-bond acceptors (Lipinski definition) is 4. The number of hydrogen-bond donors (Lipinski definition) is 0. The molecule has 0 aliphatic heterocycles. The van der Waals surface area contributed by atoms with Crippen LogP contribution in [0.5, 0.6) is 0 Å². The van der Waals surface area contributed by atoms with Gasteiger partial charge in [-0.3, -0.25) is 14.2 Å². The SMILES string of the molecule is O=C(Cn1c(=O)oc2cc(C(=O)c3ccccc3F)c(Cl)cc21)c1ccccc1. The lowest BCUT2D eigenvalue weighted by atomic mass is 10.0. The molecule has 0 spiro atoms. The van der Waals surface area contributed by atoms with Gasteiger partial charge in [-0.1, -0.05) is 54.1 Å². The van der Waals surface area contributed by atoms with Crippen LogP contribution in [0, 0.1) is 5.82 Å². The summed E-state index contributed by atoms with van der Waals surface area (Å²) in [4.78, 5) is 37.4. The summed E-state index contributed by atoms with van der Waals surface area (Å²) in [6, 6.07) is 16.7. The molecular weight excluding hydrogens is 397 g/mol. The molecule has 0 saturated carbocycles. The average molecular weight is 410 g/mol. The van der Waals surface area contributed by atoms with Gasteiger partial charge < -0.3 is 4.42 Å². The molecule has 0 aliphatic rings. The summed E-state index contributed by atoms with van der Waals surface area (Å²) in [6.07, 6.45) is 0. The summed E-state index contributed by atoms with van der Waals surface area (Å²) in [6.45, 7) is -0.243. The number of benzene rings is 3. The molecule has 0 aliphatic carbocycles. The Labute approximate surface area is 168 Å². The zero-order valence-corrected chi connectivity index (χ0v) is 15.7. The number of nitrogens with zero attached hydrogens (tertiary/aromatic N) is 1. The number of carbonyl (C=O) groups excluding carboxylic acids is 2. The minimum absolute atomic E-state index is 0.000414. The standard InChI is InChI=1S/C22H13ClFNO4/c23-16-11-18-20(10-15(16)21(27)14-8-4-5-9-17(14)24)29-22(28)25(18)12-19(26)13-6-2-1-3-7-13/h1-11H,12H2. The number of oxazole rings is 1. The highest BCUT2D eigenvalue weighted by Crippen LogP contribution is 2.27. The lowest BCUT2D eigenvalue weighted by molar-refractivity contribution is 0.0969. The van der Waals surface area contributed by atoms with E-state index in [1.54, 1.807) is 30.3 Å². The van der Waals surface area contributed by atoms with E-state index in [1.165, 1.54) is 36.4 Å². The van der Waals surface area contributed by atoms with E-state index >= 15 is 0 Å². The molecule has 3 aromatic carbocycles. The first-order valence-electron chi connectivity index (χ1n) is 8.66. The Hall–Kier alpha value is -3.51. The van der Waals surface area contributed by atoms with Gasteiger partial charge in [0, 0.05) is 11.1 Å². The predicted octanol–water partition coefficient (Wildman–Crippen LogP) is 4.50. The summed E-state index contributed by atoms with van der Waals surface area (Å²) in [5.74, 6) is -2.35. The quantitative estimate of drug-likeness (QED) is 0.455. The van der Waals surface area contributed by atoms with E-state index in [4.69, 9.17) is 16.0 Å². The van der Waals surface area contributed by atoms with Gasteiger partial charge in [0.1, 0.15) is 5.82 Å². The second-order valence-corrected chi connectivity index (χ2v) is 6.76. The molecule has 0 bridgehead atoms. The molecule has 0 saturated heterocycles. The normalized spacial score (nSPS) is 11.0. The first-order valence-corrected chi connectivity index (χ1v) is 9.04. The third-order valence-electron chi connectivity index (χ3n) is 4.52. The van der Waals surface area contributed by atoms with Gasteiger partial charge in [-0.15, -0.1) is 0 Å². The first-order chi connectivity index (χ1) is 14.0. The molecule has 4 aromatic rings. The zero-order valence-electron chi connectivity index (χ0n) is 14.9. The van der Waals surface area contributed by atoms with Crippen LogP contribution in [0.25, 0.3) is 11.1 Å². The maximum atomic E-state index is 14.0. The number of rotatable bonds is 5. The summed E-state index contributed by atoms with van der Waals surface area (Å²) >= 11 is 6.25. The molecule has 29 heavy (non-hydrogen) atoms. The Morgan fingerprint density at radius 3 is 2.38 bits per heavy atom. The van der Waals surface area contributed by atoms with Gasteiger partial charge in [-0.25, -0.2) is 9.18 Å². The highest BCUT2D eigenvalue weighted by molar-refractivity contribution is 6.35. The molecule has 0 amide bonds. The second-order valence-electron chi connectivity index (χ2n) is 6.35. The summed E-state index contributed by atoms with van der Waals surface area (Å²) in [7, 11) is 0. The fourth-order valence-corrected chi connectivity index (χ4v) is 3.30. The predicted molar refractivity (Wildman–Crippen MR) is 106 cm³/mol. The molecule has 0 atom stereocenters. The van der Waals surface area contributed by atoms with Crippen LogP contribution in [0.3, 0.4) is 0 Å². The third-order valence-corrected chi connectivity index (χ3v) is 4.83. The van der Waals surface area contributed by atoms with E-state index in [2.05, 4.69) is 0 Å². The molecule has 144 valence electrons. The molecule has 5 nitrogen and oxygen atoms in total. The van der Waals surface area contributed by atoms with Crippen LogP contribution in [-0.2, 0) is 6.54 Å². The van der Waals surface area contributed by atoms with Crippen LogP contribution in [0.4, 0.5) is 4.39 Å². The third kappa shape index (κ3) is 3.50. The number of carbonyl (C=O) groups is 2. The lowest BCUT2D eigenvalue weighted by Gasteiger charge is -2.06. The van der Waals surface area contributed by atoms with Crippen molar-refractivity contribution >= 4 is 34.3 Å². The number of aromatic nitrogens is 1. The molecule has 4 rings (SSSR count). The van der Waals surface area contributed by atoms with Crippen molar-refractivity contribution in [2.45, 2.75) is 6.54 Å². The maximum Gasteiger partial charge on any atom is 0.420 e. The fourth-order valence-electron chi connectivity index (χ4n) is 3.06. The highest BCUT2D eigenvalue weighted by atomic mass is 35.5. The summed E-state index contributed by atoms with van der Waals surface area (Å²) < 4.78 is 20.3. The fraction of sp³-hybridized carbons (Fsp3) is 0.0455. The van der Waals surface area contributed by atoms with Crippen molar-refractivity contribution in [3.05, 3.63) is 105 Å². The van der Waals surface area contributed by atoms with Crippen molar-refractivity contribution in [3.63, 3.8) is 0 Å². The number of halogens is 2. The van der Waals surface area contributed by atoms with Crippen molar-refractivity contribution in [3.8, 4) is 0 Å². The molecule has 0 radical (unpaired) electrons. The molecule has 7 heteroatoms. The van der Waals surface area contributed by atoms with E-state index in [0.717, 1.165) is 4.57 Å². The van der Waals surface area contributed by atoms with Crippen molar-refractivity contribution in [2.75, 3.05) is 0 Å². The molecule has 1 aromatic heterocycles. The Balaban J connectivity index is 1.75. The van der Waals surface area contributed by atoms with Crippen molar-refractivity contribution in [1.82, 2.24) is 4.57 Å². The van der Waals surface area contributed by atoms with Gasteiger partial charge in [0.25, 0.3) is 0 Å². The lowest BCUT2D eigenvalue weighted by Crippen LogP contribution is -2.20. The Bertz CT molecular complexity index is 1310. The topological polar surface area (TPSA) is 69.3 Å². The maximum absolute atomic E-state index is 14.0. The Morgan fingerprint density at radius 2 is 1.66 bits per heavy atom. The molecule has 1 heterocycles. The van der Waals surface area contributed by atoms with Crippen molar-refractivity contribution in [2.24, 2.45) is 0 Å².